The molecule has 0 saturated carbocycles. The minimum atomic E-state index is -1.30. The van der Waals surface area contributed by atoms with Crippen LogP contribution in [0.15, 0.2) is 40.5 Å². The van der Waals surface area contributed by atoms with Crippen molar-refractivity contribution in [3.63, 3.8) is 0 Å². The van der Waals surface area contributed by atoms with E-state index in [0.29, 0.717) is 16.3 Å². The minimum Gasteiger partial charge on any atom is -0.481 e. The molecule has 1 aliphatic heterocycles. The van der Waals surface area contributed by atoms with Gasteiger partial charge in [-0.05, 0) is 25.5 Å². The van der Waals surface area contributed by atoms with Crippen molar-refractivity contribution in [3.8, 4) is 0 Å². The van der Waals surface area contributed by atoms with E-state index in [4.69, 9.17) is 36.0 Å². The topological polar surface area (TPSA) is 161 Å². The van der Waals surface area contributed by atoms with Crippen LogP contribution >= 0.6 is 11.6 Å². The fourth-order valence-electron chi connectivity index (χ4n) is 3.89. The van der Waals surface area contributed by atoms with E-state index >= 15 is 0 Å². The van der Waals surface area contributed by atoms with Crippen LogP contribution in [0.1, 0.15) is 31.7 Å². The van der Waals surface area contributed by atoms with Crippen molar-refractivity contribution in [3.05, 3.63) is 46.1 Å². The summed E-state index contributed by atoms with van der Waals surface area (Å²) in [4.78, 5) is 52.3. The highest BCUT2D eigenvalue weighted by atomic mass is 35.5. The molecule has 1 aromatic rings. The Morgan fingerprint density at radius 1 is 1.19 bits per heavy atom. The summed E-state index contributed by atoms with van der Waals surface area (Å²) in [5.74, 6) is -5.59. The second-order valence-corrected chi connectivity index (χ2v) is 8.24. The lowest BCUT2D eigenvalue weighted by Gasteiger charge is -2.32. The van der Waals surface area contributed by atoms with Gasteiger partial charge in [-0.15, -0.1) is 0 Å². The molecule has 2 rings (SSSR count). The Labute approximate surface area is 213 Å². The molecular formula is C24H29ClN2O9. The SMILES string of the molecule is CCOC(=O)C1=C(COCCN[C@@H](CC(=O)O)C(=O)O)N=C(C)C(C(=O)OC)C1c1ccccc1Cl. The molecule has 0 aliphatic carbocycles. The molecule has 11 nitrogen and oxygen atoms in total. The summed E-state index contributed by atoms with van der Waals surface area (Å²) in [5.41, 5.74) is 1.25. The number of nitrogens with zero attached hydrogens (tertiary/aromatic N) is 1. The van der Waals surface area contributed by atoms with E-state index in [1.165, 1.54) is 7.11 Å². The Balaban J connectivity index is 2.35. The number of hydrogen-bond donors (Lipinski definition) is 3. The first-order chi connectivity index (χ1) is 17.1. The predicted octanol–water partition coefficient (Wildman–Crippen LogP) is 2.04. The number of ether oxygens (including phenoxy) is 3. The lowest BCUT2D eigenvalue weighted by Crippen LogP contribution is -2.40. The van der Waals surface area contributed by atoms with Gasteiger partial charge in [0.2, 0.25) is 0 Å². The molecule has 0 fully saturated rings. The van der Waals surface area contributed by atoms with Crippen molar-refractivity contribution < 1.29 is 43.6 Å². The number of carboxylic acids is 2. The maximum Gasteiger partial charge on any atom is 0.336 e. The smallest absolute Gasteiger partial charge is 0.336 e. The van der Waals surface area contributed by atoms with Crippen molar-refractivity contribution in [2.75, 3.05) is 33.5 Å². The van der Waals surface area contributed by atoms with Crippen LogP contribution in [0, 0.1) is 5.92 Å². The fraction of sp³-hybridized carbons (Fsp3) is 0.458. The van der Waals surface area contributed by atoms with Gasteiger partial charge in [-0.25, -0.2) is 4.79 Å². The summed E-state index contributed by atoms with van der Waals surface area (Å²) in [7, 11) is 1.24. The van der Waals surface area contributed by atoms with E-state index in [0.717, 1.165) is 0 Å². The van der Waals surface area contributed by atoms with Gasteiger partial charge in [0.15, 0.2) is 0 Å². The highest BCUT2D eigenvalue weighted by Gasteiger charge is 2.43. The second-order valence-electron chi connectivity index (χ2n) is 7.83. The van der Waals surface area contributed by atoms with Crippen molar-refractivity contribution in [1.29, 1.82) is 0 Å². The van der Waals surface area contributed by atoms with Gasteiger partial charge in [0.1, 0.15) is 12.0 Å². The number of aliphatic carboxylic acids is 2. The van der Waals surface area contributed by atoms with E-state index in [2.05, 4.69) is 10.3 Å². The Bertz CT molecular complexity index is 1050. The monoisotopic (exact) mass is 524 g/mol. The fourth-order valence-corrected chi connectivity index (χ4v) is 4.14. The molecule has 0 spiro atoms. The Morgan fingerprint density at radius 2 is 1.89 bits per heavy atom. The average molecular weight is 525 g/mol. The van der Waals surface area contributed by atoms with E-state index in [9.17, 15) is 19.2 Å². The number of aliphatic imine (C=N–C) groups is 1. The van der Waals surface area contributed by atoms with E-state index in [1.54, 1.807) is 38.1 Å². The molecule has 1 aliphatic rings. The normalized spacial score (nSPS) is 18.3. The summed E-state index contributed by atoms with van der Waals surface area (Å²) in [6.45, 7) is 3.25. The van der Waals surface area contributed by atoms with Gasteiger partial charge < -0.3 is 29.7 Å². The summed E-state index contributed by atoms with van der Waals surface area (Å²) >= 11 is 6.45. The third-order valence-electron chi connectivity index (χ3n) is 5.46. The molecular weight excluding hydrogens is 496 g/mol. The minimum absolute atomic E-state index is 0.00520. The van der Waals surface area contributed by atoms with Gasteiger partial charge >= 0.3 is 23.9 Å². The van der Waals surface area contributed by atoms with Gasteiger partial charge in [0.05, 0.1) is 44.6 Å². The Morgan fingerprint density at radius 3 is 2.47 bits per heavy atom. The number of esters is 2. The van der Waals surface area contributed by atoms with Gasteiger partial charge in [0.25, 0.3) is 0 Å². The Kier molecular flexibility index (Phi) is 11.0. The average Bonchev–Trinajstić information content (AvgIpc) is 2.82. The first kappa shape index (κ1) is 29.0. The number of carboxylic acid groups (broad SMARTS) is 2. The number of benzene rings is 1. The van der Waals surface area contributed by atoms with E-state index in [-0.39, 0.29) is 37.6 Å². The number of hydrogen-bond acceptors (Lipinski definition) is 9. The number of methoxy groups -OCH3 is 1. The van der Waals surface area contributed by atoms with Crippen LogP contribution in [0.4, 0.5) is 0 Å². The van der Waals surface area contributed by atoms with Crippen molar-refractivity contribution in [1.82, 2.24) is 5.32 Å². The molecule has 12 heteroatoms. The van der Waals surface area contributed by atoms with Crippen LogP contribution in [0.25, 0.3) is 0 Å². The summed E-state index contributed by atoms with van der Waals surface area (Å²) in [6, 6.07) is 5.53. The zero-order valence-corrected chi connectivity index (χ0v) is 20.9. The van der Waals surface area contributed by atoms with Crippen molar-refractivity contribution >= 4 is 41.2 Å². The molecule has 36 heavy (non-hydrogen) atoms. The molecule has 2 unspecified atom stereocenters. The van der Waals surface area contributed by atoms with Crippen LogP contribution in [0.2, 0.25) is 5.02 Å². The highest BCUT2D eigenvalue weighted by molar-refractivity contribution is 6.31. The molecule has 3 N–H and O–H groups in total. The predicted molar refractivity (Wildman–Crippen MR) is 129 cm³/mol. The van der Waals surface area contributed by atoms with Gasteiger partial charge in [-0.3, -0.25) is 19.4 Å². The number of carbonyl (C=O) groups is 4. The first-order valence-electron chi connectivity index (χ1n) is 11.2. The highest BCUT2D eigenvalue weighted by Crippen LogP contribution is 2.42. The number of rotatable bonds is 13. The second kappa shape index (κ2) is 13.7. The summed E-state index contributed by atoms with van der Waals surface area (Å²) in [6.07, 6.45) is -0.592. The van der Waals surface area contributed by atoms with E-state index in [1.807, 2.05) is 0 Å². The molecule has 1 aromatic carbocycles. The van der Waals surface area contributed by atoms with Crippen LogP contribution < -0.4 is 5.32 Å². The molecule has 0 bridgehead atoms. The van der Waals surface area contributed by atoms with Crippen molar-refractivity contribution in [2.24, 2.45) is 10.9 Å². The lowest BCUT2D eigenvalue weighted by molar-refractivity contribution is -0.146. The quantitative estimate of drug-likeness (QED) is 0.257. The molecule has 3 atom stereocenters. The van der Waals surface area contributed by atoms with Crippen LogP contribution in [-0.2, 0) is 33.4 Å². The Hall–Kier alpha value is -3.28. The molecule has 0 aromatic heterocycles. The third-order valence-corrected chi connectivity index (χ3v) is 5.80. The van der Waals surface area contributed by atoms with Crippen LogP contribution in [0.5, 0.6) is 0 Å². The van der Waals surface area contributed by atoms with Gasteiger partial charge in [-0.1, -0.05) is 29.8 Å². The first-order valence-corrected chi connectivity index (χ1v) is 11.5. The zero-order valence-electron chi connectivity index (χ0n) is 20.2. The van der Waals surface area contributed by atoms with Crippen LogP contribution in [-0.4, -0.2) is 79.3 Å². The zero-order chi connectivity index (χ0) is 26.8. The molecule has 0 radical (unpaired) electrons. The number of carbonyl (C=O) groups excluding carboxylic acids is 2. The largest absolute Gasteiger partial charge is 0.481 e. The molecule has 196 valence electrons. The van der Waals surface area contributed by atoms with Gasteiger partial charge in [0, 0.05) is 23.2 Å². The third kappa shape index (κ3) is 7.36. The van der Waals surface area contributed by atoms with Crippen LogP contribution in [0.3, 0.4) is 0 Å². The maximum absolute atomic E-state index is 13.1. The van der Waals surface area contributed by atoms with Crippen molar-refractivity contribution in [2.45, 2.75) is 32.2 Å². The summed E-state index contributed by atoms with van der Waals surface area (Å²) < 4.78 is 15.9. The molecule has 0 amide bonds. The standard InChI is InChI=1S/C24H29ClN2O9/c1-4-36-24(33)21-17(12-35-10-9-26-16(22(30)31)11-18(28)29)27-13(2)19(23(32)34-3)20(21)14-7-5-6-8-15(14)25/h5-8,16,19-20,26H,4,9-12H2,1-3H3,(H,28,29)(H,30,31)/t16-,19?,20?/m0/s1. The number of nitrogens with one attached hydrogen (secondary N) is 1. The lowest BCUT2D eigenvalue weighted by atomic mass is 9.75. The number of halogens is 1. The van der Waals surface area contributed by atoms with Gasteiger partial charge in [-0.2, -0.15) is 0 Å². The molecule has 1 heterocycles. The van der Waals surface area contributed by atoms with E-state index < -0.39 is 48.2 Å². The maximum atomic E-state index is 13.1. The summed E-state index contributed by atoms with van der Waals surface area (Å²) in [5, 5.41) is 20.9. The molecule has 0 saturated heterocycles.